The second-order valence-electron chi connectivity index (χ2n) is 5.88. The van der Waals surface area contributed by atoms with Gasteiger partial charge in [-0.05, 0) is 22.5 Å². The van der Waals surface area contributed by atoms with Crippen LogP contribution in [0, 0.1) is 0 Å². The summed E-state index contributed by atoms with van der Waals surface area (Å²) in [5.74, 6) is 0.510. The molecular formula is C21H20OSSi. The van der Waals surface area contributed by atoms with Crippen LogP contribution in [-0.4, -0.2) is 19.2 Å². The van der Waals surface area contributed by atoms with E-state index in [1.54, 1.807) is 11.8 Å². The molecular weight excluding hydrogens is 328 g/mol. The molecule has 3 aromatic rings. The predicted molar refractivity (Wildman–Crippen MR) is 106 cm³/mol. The van der Waals surface area contributed by atoms with E-state index in [9.17, 15) is 4.79 Å². The molecule has 0 atom stereocenters. The van der Waals surface area contributed by atoms with Gasteiger partial charge in [0, 0.05) is 4.90 Å². The highest BCUT2D eigenvalue weighted by Gasteiger charge is 2.39. The van der Waals surface area contributed by atoms with E-state index in [1.807, 2.05) is 54.6 Å². The van der Waals surface area contributed by atoms with E-state index in [4.69, 9.17) is 0 Å². The van der Waals surface area contributed by atoms with Crippen molar-refractivity contribution in [3.63, 3.8) is 0 Å². The number of thioether (sulfide) groups is 1. The molecule has 0 aliphatic carbocycles. The molecule has 0 fully saturated rings. The molecule has 0 aliphatic heterocycles. The van der Waals surface area contributed by atoms with Crippen LogP contribution >= 0.6 is 11.8 Å². The summed E-state index contributed by atoms with van der Waals surface area (Å²) in [5, 5.41) is 2.71. The van der Waals surface area contributed by atoms with Crippen LogP contribution < -0.4 is 10.4 Å². The van der Waals surface area contributed by atoms with Crippen LogP contribution in [0.5, 0.6) is 0 Å². The van der Waals surface area contributed by atoms with Crippen LogP contribution in [0.4, 0.5) is 0 Å². The summed E-state index contributed by atoms with van der Waals surface area (Å²) in [6.45, 7) is 2.17. The topological polar surface area (TPSA) is 17.1 Å². The molecule has 3 heteroatoms. The molecule has 120 valence electrons. The maximum absolute atomic E-state index is 13.3. The molecule has 0 bridgehead atoms. The van der Waals surface area contributed by atoms with Gasteiger partial charge in [0.05, 0.1) is 5.75 Å². The van der Waals surface area contributed by atoms with Crippen LogP contribution in [0.3, 0.4) is 0 Å². The smallest absolute Gasteiger partial charge is 0.191 e. The normalized spacial score (nSPS) is 11.2. The Morgan fingerprint density at radius 1 is 0.750 bits per heavy atom. The summed E-state index contributed by atoms with van der Waals surface area (Å²) in [5.41, 5.74) is 0. The second-order valence-corrected chi connectivity index (χ2v) is 10.9. The molecule has 0 spiro atoms. The van der Waals surface area contributed by atoms with E-state index in [1.165, 1.54) is 10.4 Å². The van der Waals surface area contributed by atoms with Crippen molar-refractivity contribution in [2.45, 2.75) is 11.4 Å². The Kier molecular flexibility index (Phi) is 5.33. The summed E-state index contributed by atoms with van der Waals surface area (Å²) in [6, 6.07) is 30.7. The first kappa shape index (κ1) is 16.7. The lowest BCUT2D eigenvalue weighted by atomic mass is 10.4. The zero-order chi connectivity index (χ0) is 16.8. The third kappa shape index (κ3) is 3.52. The van der Waals surface area contributed by atoms with Gasteiger partial charge in [0.1, 0.15) is 5.41 Å². The largest absolute Gasteiger partial charge is 0.304 e. The molecule has 3 aromatic carbocycles. The first-order valence-corrected chi connectivity index (χ1v) is 11.5. The highest BCUT2D eigenvalue weighted by molar-refractivity contribution is 8.00. The first-order valence-electron chi connectivity index (χ1n) is 8.03. The van der Waals surface area contributed by atoms with Crippen LogP contribution in [0.15, 0.2) is 95.9 Å². The number of carbonyl (C=O) groups excluding carboxylic acids is 1. The maximum Gasteiger partial charge on any atom is 0.191 e. The fraction of sp³-hybridized carbons (Fsp3) is 0.0952. The first-order chi connectivity index (χ1) is 11.7. The Morgan fingerprint density at radius 3 is 1.62 bits per heavy atom. The zero-order valence-electron chi connectivity index (χ0n) is 13.7. The summed E-state index contributed by atoms with van der Waals surface area (Å²) in [6.07, 6.45) is 0. The van der Waals surface area contributed by atoms with Gasteiger partial charge < -0.3 is 4.79 Å². The molecule has 3 rings (SSSR count). The Morgan fingerprint density at radius 2 is 1.17 bits per heavy atom. The number of hydrogen-bond donors (Lipinski definition) is 0. The Balaban J connectivity index is 1.92. The molecule has 24 heavy (non-hydrogen) atoms. The average molecular weight is 349 g/mol. The minimum absolute atomic E-state index is 0.355. The molecule has 0 N–H and O–H groups in total. The Hall–Kier alpha value is -2.10. The van der Waals surface area contributed by atoms with Gasteiger partial charge in [-0.1, -0.05) is 85.4 Å². The van der Waals surface area contributed by atoms with Gasteiger partial charge in [-0.15, -0.1) is 11.8 Å². The predicted octanol–water partition coefficient (Wildman–Crippen LogP) is 3.78. The summed E-state index contributed by atoms with van der Waals surface area (Å²) < 4.78 is 0. The van der Waals surface area contributed by atoms with Crippen LogP contribution in [0.1, 0.15) is 0 Å². The molecule has 0 heterocycles. The third-order valence-corrected chi connectivity index (χ3v) is 9.91. The summed E-state index contributed by atoms with van der Waals surface area (Å²) >= 11 is 1.63. The molecule has 0 radical (unpaired) electrons. The summed E-state index contributed by atoms with van der Waals surface area (Å²) in [7, 11) is -2.42. The van der Waals surface area contributed by atoms with Gasteiger partial charge >= 0.3 is 0 Å². The Labute approximate surface area is 148 Å². The average Bonchev–Trinajstić information content (AvgIpc) is 2.67. The molecule has 0 unspecified atom stereocenters. The van der Waals surface area contributed by atoms with Crippen LogP contribution in [0.25, 0.3) is 0 Å². The van der Waals surface area contributed by atoms with E-state index in [-0.39, 0.29) is 0 Å². The minimum atomic E-state index is -2.42. The van der Waals surface area contributed by atoms with Crippen molar-refractivity contribution in [2.24, 2.45) is 0 Å². The number of carbonyl (C=O) groups is 1. The Bertz CT molecular complexity index is 748. The lowest BCUT2D eigenvalue weighted by Crippen LogP contribution is -2.62. The van der Waals surface area contributed by atoms with Crippen molar-refractivity contribution < 1.29 is 4.79 Å². The molecule has 0 saturated heterocycles. The fourth-order valence-electron chi connectivity index (χ4n) is 2.84. The van der Waals surface area contributed by atoms with Crippen molar-refractivity contribution >= 4 is 35.6 Å². The van der Waals surface area contributed by atoms with Crippen molar-refractivity contribution in [3.05, 3.63) is 91.0 Å². The van der Waals surface area contributed by atoms with Gasteiger partial charge in [0.2, 0.25) is 0 Å². The van der Waals surface area contributed by atoms with E-state index in [2.05, 4.69) is 42.9 Å². The molecule has 0 saturated carbocycles. The highest BCUT2D eigenvalue weighted by Crippen LogP contribution is 2.19. The zero-order valence-corrected chi connectivity index (χ0v) is 15.5. The maximum atomic E-state index is 13.3. The third-order valence-electron chi connectivity index (χ3n) is 4.37. The number of rotatable bonds is 6. The summed E-state index contributed by atoms with van der Waals surface area (Å²) in [4.78, 5) is 14.4. The van der Waals surface area contributed by atoms with Crippen molar-refractivity contribution in [3.8, 4) is 0 Å². The molecule has 0 amide bonds. The molecule has 1 nitrogen and oxygen atoms in total. The standard InChI is InChI=1S/C21H20OSSi/c1-24(19-13-7-3-8-14-19,20-15-9-4-10-16-20)21(22)17-23-18-11-5-2-6-12-18/h2-16H,17H2,1H3. The minimum Gasteiger partial charge on any atom is -0.304 e. The van der Waals surface area contributed by atoms with Gasteiger partial charge in [-0.3, -0.25) is 0 Å². The van der Waals surface area contributed by atoms with Gasteiger partial charge in [0.15, 0.2) is 8.07 Å². The molecule has 0 aromatic heterocycles. The highest BCUT2D eigenvalue weighted by atomic mass is 32.2. The van der Waals surface area contributed by atoms with Gasteiger partial charge in [0.25, 0.3) is 0 Å². The second kappa shape index (κ2) is 7.64. The fourth-order valence-corrected chi connectivity index (χ4v) is 7.56. The molecule has 0 aliphatic rings. The number of benzene rings is 3. The van der Waals surface area contributed by atoms with E-state index >= 15 is 0 Å². The van der Waals surface area contributed by atoms with E-state index < -0.39 is 8.07 Å². The lowest BCUT2D eigenvalue weighted by molar-refractivity contribution is -0.110. The van der Waals surface area contributed by atoms with Gasteiger partial charge in [-0.2, -0.15) is 0 Å². The van der Waals surface area contributed by atoms with E-state index in [0.717, 1.165) is 4.90 Å². The quantitative estimate of drug-likeness (QED) is 0.498. The lowest BCUT2D eigenvalue weighted by Gasteiger charge is -2.27. The van der Waals surface area contributed by atoms with Crippen molar-refractivity contribution in [1.29, 1.82) is 0 Å². The van der Waals surface area contributed by atoms with Crippen LogP contribution in [-0.2, 0) is 4.79 Å². The van der Waals surface area contributed by atoms with Crippen molar-refractivity contribution in [1.82, 2.24) is 0 Å². The van der Waals surface area contributed by atoms with Crippen LogP contribution in [0.2, 0.25) is 6.55 Å². The van der Waals surface area contributed by atoms with E-state index in [0.29, 0.717) is 11.2 Å². The van der Waals surface area contributed by atoms with Gasteiger partial charge in [-0.25, -0.2) is 0 Å². The van der Waals surface area contributed by atoms with Crippen molar-refractivity contribution in [2.75, 3.05) is 5.75 Å². The monoisotopic (exact) mass is 348 g/mol. The SMILES string of the molecule is C[Si](C(=O)CSc1ccccc1)(c1ccccc1)c1ccccc1. The number of hydrogen-bond acceptors (Lipinski definition) is 2.